The normalized spacial score (nSPS) is 28.0. The van der Waals surface area contributed by atoms with Crippen LogP contribution < -0.4 is 0 Å². The molecule has 2 bridgehead atoms. The van der Waals surface area contributed by atoms with Gasteiger partial charge in [0.2, 0.25) is 0 Å². The van der Waals surface area contributed by atoms with E-state index < -0.39 is 5.60 Å². The molecular weight excluding hydrogens is 298 g/mol. The van der Waals surface area contributed by atoms with Crippen molar-refractivity contribution in [2.45, 2.75) is 76.9 Å². The van der Waals surface area contributed by atoms with Crippen molar-refractivity contribution in [2.24, 2.45) is 0 Å². The molecule has 2 saturated heterocycles. The molecule has 1 aromatic rings. The molecular formula is C17H25NO3S. The Hall–Kier alpha value is -1.07. The Morgan fingerprint density at radius 2 is 2.00 bits per heavy atom. The molecule has 2 aliphatic rings. The SMILES string of the molecule is CC(C)(C)OC(=O)N1[C@@H]2CC[C@H]1CC(OCc1ccsc1)C2. The van der Waals surface area contributed by atoms with Crippen LogP contribution in [0.15, 0.2) is 16.8 Å². The molecule has 5 heteroatoms. The average Bonchev–Trinajstić information content (AvgIpc) is 3.01. The summed E-state index contributed by atoms with van der Waals surface area (Å²) in [5.41, 5.74) is 0.815. The fraction of sp³-hybridized carbons (Fsp3) is 0.706. The number of fused-ring (bicyclic) bond motifs is 2. The van der Waals surface area contributed by atoms with E-state index >= 15 is 0 Å². The smallest absolute Gasteiger partial charge is 0.410 e. The Morgan fingerprint density at radius 1 is 1.32 bits per heavy atom. The summed E-state index contributed by atoms with van der Waals surface area (Å²) < 4.78 is 11.6. The predicted octanol–water partition coefficient (Wildman–Crippen LogP) is 4.20. The first-order valence-electron chi connectivity index (χ1n) is 8.06. The molecule has 3 atom stereocenters. The summed E-state index contributed by atoms with van der Waals surface area (Å²) in [6, 6.07) is 2.66. The summed E-state index contributed by atoms with van der Waals surface area (Å²) >= 11 is 1.70. The lowest BCUT2D eigenvalue weighted by molar-refractivity contribution is -0.0396. The molecule has 3 rings (SSSR count). The van der Waals surface area contributed by atoms with Gasteiger partial charge in [-0.2, -0.15) is 11.3 Å². The largest absolute Gasteiger partial charge is 0.444 e. The Balaban J connectivity index is 1.56. The lowest BCUT2D eigenvalue weighted by Crippen LogP contribution is -2.50. The molecule has 122 valence electrons. The Bertz CT molecular complexity index is 494. The summed E-state index contributed by atoms with van der Waals surface area (Å²) in [6.45, 7) is 6.44. The molecule has 3 heterocycles. The fourth-order valence-corrected chi connectivity index (χ4v) is 4.12. The maximum atomic E-state index is 12.4. The molecule has 0 saturated carbocycles. The van der Waals surface area contributed by atoms with Crippen molar-refractivity contribution in [3.05, 3.63) is 22.4 Å². The minimum absolute atomic E-state index is 0.156. The third kappa shape index (κ3) is 3.63. The van der Waals surface area contributed by atoms with E-state index in [0.29, 0.717) is 6.61 Å². The molecule has 0 spiro atoms. The average molecular weight is 323 g/mol. The van der Waals surface area contributed by atoms with Crippen molar-refractivity contribution in [2.75, 3.05) is 0 Å². The van der Waals surface area contributed by atoms with Gasteiger partial charge in [-0.05, 0) is 68.8 Å². The van der Waals surface area contributed by atoms with E-state index in [1.54, 1.807) is 11.3 Å². The molecule has 2 aliphatic heterocycles. The quantitative estimate of drug-likeness (QED) is 0.837. The van der Waals surface area contributed by atoms with Crippen molar-refractivity contribution in [3.63, 3.8) is 0 Å². The molecule has 1 unspecified atom stereocenters. The molecule has 0 aliphatic carbocycles. The zero-order valence-corrected chi connectivity index (χ0v) is 14.4. The summed E-state index contributed by atoms with van der Waals surface area (Å²) in [5.74, 6) is 0. The lowest BCUT2D eigenvalue weighted by Gasteiger charge is -2.39. The summed E-state index contributed by atoms with van der Waals surface area (Å²) in [6.07, 6.45) is 4.11. The van der Waals surface area contributed by atoms with Gasteiger partial charge >= 0.3 is 6.09 Å². The van der Waals surface area contributed by atoms with Gasteiger partial charge in [0, 0.05) is 12.1 Å². The Morgan fingerprint density at radius 3 is 2.55 bits per heavy atom. The summed E-state index contributed by atoms with van der Waals surface area (Å²) in [4.78, 5) is 14.4. The van der Waals surface area contributed by atoms with Crippen molar-refractivity contribution in [1.82, 2.24) is 4.90 Å². The zero-order valence-electron chi connectivity index (χ0n) is 13.6. The molecule has 0 N–H and O–H groups in total. The summed E-state index contributed by atoms with van der Waals surface area (Å²) in [7, 11) is 0. The standard InChI is InChI=1S/C17H25NO3S/c1-17(2,3)21-16(19)18-13-4-5-14(18)9-15(8-13)20-10-12-6-7-22-11-12/h6-7,11,13-15H,4-5,8-10H2,1-3H3/t13-,14+,15?. The van der Waals surface area contributed by atoms with Crippen LogP contribution >= 0.6 is 11.3 Å². The van der Waals surface area contributed by atoms with Crippen LogP contribution in [0.4, 0.5) is 4.79 Å². The second-order valence-electron chi connectivity index (χ2n) is 7.31. The molecule has 4 nitrogen and oxygen atoms in total. The van der Waals surface area contributed by atoms with Crippen molar-refractivity contribution in [3.8, 4) is 0 Å². The van der Waals surface area contributed by atoms with Crippen LogP contribution in [0.5, 0.6) is 0 Å². The van der Waals surface area contributed by atoms with Crippen molar-refractivity contribution in [1.29, 1.82) is 0 Å². The predicted molar refractivity (Wildman–Crippen MR) is 87.0 cm³/mol. The van der Waals surface area contributed by atoms with Crippen LogP contribution in [0.1, 0.15) is 52.0 Å². The molecule has 2 fully saturated rings. The topological polar surface area (TPSA) is 38.8 Å². The van der Waals surface area contributed by atoms with Crippen LogP contribution in [-0.2, 0) is 16.1 Å². The number of hydrogen-bond acceptors (Lipinski definition) is 4. The highest BCUT2D eigenvalue weighted by Gasteiger charge is 2.45. The van der Waals surface area contributed by atoms with E-state index in [0.717, 1.165) is 25.7 Å². The van der Waals surface area contributed by atoms with Gasteiger partial charge in [-0.15, -0.1) is 0 Å². The Labute approximate surface area is 136 Å². The second kappa shape index (κ2) is 6.20. The van der Waals surface area contributed by atoms with E-state index in [1.165, 1.54) is 5.56 Å². The molecule has 0 aromatic carbocycles. The van der Waals surface area contributed by atoms with E-state index in [1.807, 2.05) is 25.7 Å². The first kappa shape index (κ1) is 15.8. The van der Waals surface area contributed by atoms with Gasteiger partial charge in [0.15, 0.2) is 0 Å². The van der Waals surface area contributed by atoms with Gasteiger partial charge < -0.3 is 14.4 Å². The van der Waals surface area contributed by atoms with E-state index in [-0.39, 0.29) is 24.3 Å². The van der Waals surface area contributed by atoms with Crippen molar-refractivity contribution >= 4 is 17.4 Å². The Kier molecular flexibility index (Phi) is 4.46. The van der Waals surface area contributed by atoms with Gasteiger partial charge in [-0.3, -0.25) is 0 Å². The fourth-order valence-electron chi connectivity index (χ4n) is 3.46. The molecule has 1 aromatic heterocycles. The van der Waals surface area contributed by atoms with Crippen LogP contribution in [0, 0.1) is 0 Å². The molecule has 22 heavy (non-hydrogen) atoms. The highest BCUT2D eigenvalue weighted by Crippen LogP contribution is 2.38. The number of ether oxygens (including phenoxy) is 2. The van der Waals surface area contributed by atoms with Crippen molar-refractivity contribution < 1.29 is 14.3 Å². The third-order valence-corrected chi connectivity index (χ3v) is 5.09. The maximum absolute atomic E-state index is 12.4. The monoisotopic (exact) mass is 323 g/mol. The van der Waals surface area contributed by atoms with Crippen LogP contribution in [0.25, 0.3) is 0 Å². The van der Waals surface area contributed by atoms with E-state index in [9.17, 15) is 4.79 Å². The zero-order chi connectivity index (χ0) is 15.7. The van der Waals surface area contributed by atoms with Crippen LogP contribution in [0.2, 0.25) is 0 Å². The van der Waals surface area contributed by atoms with E-state index in [2.05, 4.69) is 16.8 Å². The van der Waals surface area contributed by atoms with Gasteiger partial charge in [-0.25, -0.2) is 4.79 Å². The minimum Gasteiger partial charge on any atom is -0.444 e. The third-order valence-electron chi connectivity index (χ3n) is 4.36. The number of carbonyl (C=O) groups excluding carboxylic acids is 1. The molecule has 1 amide bonds. The first-order valence-corrected chi connectivity index (χ1v) is 9.00. The summed E-state index contributed by atoms with van der Waals surface area (Å²) in [5, 5.41) is 4.21. The highest BCUT2D eigenvalue weighted by atomic mass is 32.1. The number of amides is 1. The van der Waals surface area contributed by atoms with Gasteiger partial charge in [0.1, 0.15) is 5.60 Å². The van der Waals surface area contributed by atoms with Gasteiger partial charge in [0.05, 0.1) is 12.7 Å². The first-order chi connectivity index (χ1) is 10.4. The number of carbonyl (C=O) groups is 1. The van der Waals surface area contributed by atoms with E-state index in [4.69, 9.17) is 9.47 Å². The lowest BCUT2D eigenvalue weighted by atomic mass is 10.00. The highest BCUT2D eigenvalue weighted by molar-refractivity contribution is 7.07. The minimum atomic E-state index is -0.428. The maximum Gasteiger partial charge on any atom is 0.410 e. The number of thiophene rings is 1. The van der Waals surface area contributed by atoms with Crippen LogP contribution in [0.3, 0.4) is 0 Å². The second-order valence-corrected chi connectivity index (χ2v) is 8.09. The number of hydrogen-bond donors (Lipinski definition) is 0. The van der Waals surface area contributed by atoms with Gasteiger partial charge in [-0.1, -0.05) is 0 Å². The molecule has 0 radical (unpaired) electrons. The van der Waals surface area contributed by atoms with Crippen LogP contribution in [-0.4, -0.2) is 34.8 Å². The number of piperidine rings is 1. The van der Waals surface area contributed by atoms with Gasteiger partial charge in [0.25, 0.3) is 0 Å². The number of nitrogens with zero attached hydrogens (tertiary/aromatic N) is 1. The number of rotatable bonds is 3.